The molecule has 5 rings (SSSR count). The molecule has 0 aliphatic carbocycles. The van der Waals surface area contributed by atoms with E-state index in [0.717, 1.165) is 27.7 Å². The Bertz CT molecular complexity index is 1420. The van der Waals surface area contributed by atoms with Gasteiger partial charge in [0.2, 0.25) is 10.0 Å². The van der Waals surface area contributed by atoms with Crippen molar-refractivity contribution < 1.29 is 8.42 Å². The topological polar surface area (TPSA) is 53.2 Å². The zero-order chi connectivity index (χ0) is 23.4. The smallest absolute Gasteiger partial charge is 0.244 e. The lowest BCUT2D eigenvalue weighted by molar-refractivity contribution is 0.340. The molecule has 0 saturated heterocycles. The Balaban J connectivity index is 1.65. The van der Waals surface area contributed by atoms with Crippen LogP contribution in [0.5, 0.6) is 0 Å². The summed E-state index contributed by atoms with van der Waals surface area (Å²) >= 11 is 6.15. The number of halogens is 1. The molecule has 1 aliphatic heterocycles. The lowest BCUT2D eigenvalue weighted by Gasteiger charge is -2.35. The largest absolute Gasteiger partial charge is 0.357 e. The van der Waals surface area contributed by atoms with Gasteiger partial charge in [0.1, 0.15) is 0 Å². The van der Waals surface area contributed by atoms with E-state index in [1.165, 1.54) is 5.56 Å². The summed E-state index contributed by atoms with van der Waals surface area (Å²) in [5.41, 5.74) is 5.09. The van der Waals surface area contributed by atoms with Crippen molar-refractivity contribution in [1.82, 2.24) is 9.29 Å². The van der Waals surface area contributed by atoms with Gasteiger partial charge in [-0.1, -0.05) is 74.8 Å². The van der Waals surface area contributed by atoms with E-state index < -0.39 is 16.1 Å². The number of aromatic nitrogens is 1. The van der Waals surface area contributed by atoms with E-state index in [9.17, 15) is 8.42 Å². The van der Waals surface area contributed by atoms with Gasteiger partial charge in [-0.25, -0.2) is 8.42 Å². The number of sulfonamides is 1. The quantitative estimate of drug-likeness (QED) is 0.367. The van der Waals surface area contributed by atoms with Crippen LogP contribution in [0.2, 0.25) is 5.02 Å². The van der Waals surface area contributed by atoms with Crippen molar-refractivity contribution in [3.05, 3.63) is 100 Å². The minimum atomic E-state index is -3.73. The van der Waals surface area contributed by atoms with Gasteiger partial charge >= 0.3 is 0 Å². The molecule has 1 atom stereocenters. The van der Waals surface area contributed by atoms with Crippen LogP contribution in [0, 0.1) is 0 Å². The lowest BCUT2D eigenvalue weighted by atomic mass is 9.87. The first-order valence-corrected chi connectivity index (χ1v) is 13.0. The Morgan fingerprint density at radius 1 is 0.939 bits per heavy atom. The molecule has 0 amide bonds. The summed E-state index contributed by atoms with van der Waals surface area (Å²) in [6.07, 6.45) is 0.655. The first kappa shape index (κ1) is 22.2. The van der Waals surface area contributed by atoms with Crippen LogP contribution in [0.15, 0.2) is 77.7 Å². The highest BCUT2D eigenvalue weighted by atomic mass is 35.5. The fourth-order valence-corrected chi connectivity index (χ4v) is 6.43. The van der Waals surface area contributed by atoms with E-state index >= 15 is 0 Å². The number of rotatable bonds is 3. The number of fused-ring (bicyclic) bond motifs is 3. The Morgan fingerprint density at radius 2 is 1.61 bits per heavy atom. The van der Waals surface area contributed by atoms with Gasteiger partial charge < -0.3 is 4.98 Å². The van der Waals surface area contributed by atoms with E-state index in [0.29, 0.717) is 22.9 Å². The molecule has 0 radical (unpaired) electrons. The minimum Gasteiger partial charge on any atom is -0.357 e. The summed E-state index contributed by atoms with van der Waals surface area (Å²) in [5.74, 6) is 0. The van der Waals surface area contributed by atoms with Crippen molar-refractivity contribution >= 4 is 32.5 Å². The molecule has 4 aromatic rings. The van der Waals surface area contributed by atoms with E-state index in [-0.39, 0.29) is 5.41 Å². The van der Waals surface area contributed by atoms with Crippen LogP contribution in [0.4, 0.5) is 0 Å². The zero-order valence-electron chi connectivity index (χ0n) is 19.0. The van der Waals surface area contributed by atoms with Gasteiger partial charge in [-0.15, -0.1) is 0 Å². The Labute approximate surface area is 200 Å². The van der Waals surface area contributed by atoms with Crippen molar-refractivity contribution in [3.63, 3.8) is 0 Å². The van der Waals surface area contributed by atoms with Gasteiger partial charge in [-0.05, 0) is 58.9 Å². The van der Waals surface area contributed by atoms with E-state index in [2.05, 4.69) is 31.8 Å². The van der Waals surface area contributed by atoms with Gasteiger partial charge in [0.05, 0.1) is 10.9 Å². The van der Waals surface area contributed by atoms with Gasteiger partial charge in [-0.3, -0.25) is 0 Å². The second kappa shape index (κ2) is 8.01. The number of hydrogen-bond donors (Lipinski definition) is 1. The average Bonchev–Trinajstić information content (AvgIpc) is 3.17. The molecular weight excluding hydrogens is 452 g/mol. The number of para-hydroxylation sites is 1. The molecule has 33 heavy (non-hydrogen) atoms. The maximum atomic E-state index is 13.9. The first-order valence-electron chi connectivity index (χ1n) is 11.1. The van der Waals surface area contributed by atoms with Gasteiger partial charge in [0.25, 0.3) is 0 Å². The molecule has 0 spiro atoms. The zero-order valence-corrected chi connectivity index (χ0v) is 20.5. The highest BCUT2D eigenvalue weighted by Gasteiger charge is 2.39. The third-order valence-corrected chi connectivity index (χ3v) is 8.63. The molecule has 0 fully saturated rings. The van der Waals surface area contributed by atoms with Crippen molar-refractivity contribution in [2.45, 2.75) is 43.5 Å². The maximum Gasteiger partial charge on any atom is 0.244 e. The van der Waals surface area contributed by atoms with Crippen molar-refractivity contribution in [2.24, 2.45) is 0 Å². The number of benzene rings is 3. The fraction of sp³-hybridized carbons (Fsp3) is 0.259. The lowest BCUT2D eigenvalue weighted by Crippen LogP contribution is -2.40. The first-order chi connectivity index (χ1) is 15.7. The average molecular weight is 479 g/mol. The van der Waals surface area contributed by atoms with Crippen LogP contribution in [-0.4, -0.2) is 24.3 Å². The molecule has 1 N–H and O–H groups in total. The summed E-state index contributed by atoms with van der Waals surface area (Å²) in [4.78, 5) is 3.84. The summed E-state index contributed by atoms with van der Waals surface area (Å²) < 4.78 is 29.4. The number of aromatic amines is 1. The van der Waals surface area contributed by atoms with Crippen LogP contribution in [0.25, 0.3) is 10.9 Å². The standard InChI is InChI=1S/C27H27ClN2O2S/c1-27(2,3)19-10-14-21(15-11-19)33(31,32)30-17-16-23-22-6-4-5-7-24(22)29-25(23)26(30)18-8-12-20(28)13-9-18/h4-15,26,29H,16-17H2,1-3H3. The second-order valence-corrected chi connectivity index (χ2v) is 12.0. The third-order valence-electron chi connectivity index (χ3n) is 6.50. The van der Waals surface area contributed by atoms with Crippen molar-refractivity contribution in [2.75, 3.05) is 6.54 Å². The van der Waals surface area contributed by atoms with Crippen LogP contribution in [0.1, 0.15) is 49.2 Å². The fourth-order valence-electron chi connectivity index (χ4n) is 4.72. The maximum absolute atomic E-state index is 13.9. The predicted molar refractivity (Wildman–Crippen MR) is 134 cm³/mol. The van der Waals surface area contributed by atoms with Crippen molar-refractivity contribution in [3.8, 4) is 0 Å². The Kier molecular flexibility index (Phi) is 5.39. The second-order valence-electron chi connectivity index (χ2n) is 9.66. The van der Waals surface area contributed by atoms with Gasteiger partial charge in [0, 0.05) is 28.2 Å². The highest BCUT2D eigenvalue weighted by molar-refractivity contribution is 7.89. The molecule has 0 bridgehead atoms. The van der Waals surface area contributed by atoms with Crippen LogP contribution < -0.4 is 0 Å². The summed E-state index contributed by atoms with van der Waals surface area (Å²) in [7, 11) is -3.73. The van der Waals surface area contributed by atoms with Crippen molar-refractivity contribution in [1.29, 1.82) is 0 Å². The van der Waals surface area contributed by atoms with Crippen LogP contribution >= 0.6 is 11.6 Å². The third kappa shape index (κ3) is 3.88. The summed E-state index contributed by atoms with van der Waals surface area (Å²) in [6.45, 7) is 6.77. The number of nitrogens with one attached hydrogen (secondary N) is 1. The molecule has 3 aromatic carbocycles. The Hall–Kier alpha value is -2.60. The molecular formula is C27H27ClN2O2S. The van der Waals surface area contributed by atoms with E-state index in [4.69, 9.17) is 11.6 Å². The molecule has 1 aromatic heterocycles. The normalized spacial score (nSPS) is 17.3. The highest BCUT2D eigenvalue weighted by Crippen LogP contribution is 2.41. The minimum absolute atomic E-state index is 0.0431. The molecule has 1 aliphatic rings. The molecule has 1 unspecified atom stereocenters. The van der Waals surface area contributed by atoms with Gasteiger partial charge in [0.15, 0.2) is 0 Å². The summed E-state index contributed by atoms with van der Waals surface area (Å²) in [5, 5.41) is 1.77. The number of hydrogen-bond acceptors (Lipinski definition) is 2. The van der Waals surface area contributed by atoms with Gasteiger partial charge in [-0.2, -0.15) is 4.31 Å². The predicted octanol–water partition coefficient (Wildman–Crippen LogP) is 6.46. The molecule has 2 heterocycles. The molecule has 170 valence electrons. The monoisotopic (exact) mass is 478 g/mol. The SMILES string of the molecule is CC(C)(C)c1ccc(S(=O)(=O)N2CCc3c([nH]c4ccccc34)C2c2ccc(Cl)cc2)cc1. The van der Waals surface area contributed by atoms with Crippen LogP contribution in [0.3, 0.4) is 0 Å². The molecule has 0 saturated carbocycles. The molecule has 4 nitrogen and oxygen atoms in total. The van der Waals surface area contributed by atoms with E-state index in [1.807, 2.05) is 54.6 Å². The summed E-state index contributed by atoms with van der Waals surface area (Å²) in [6, 6.07) is 22.5. The molecule has 6 heteroatoms. The Morgan fingerprint density at radius 3 is 2.27 bits per heavy atom. The van der Waals surface area contributed by atoms with E-state index in [1.54, 1.807) is 16.4 Å². The van der Waals surface area contributed by atoms with Crippen LogP contribution in [-0.2, 0) is 21.9 Å². The number of H-pyrrole nitrogens is 1. The number of nitrogens with zero attached hydrogens (tertiary/aromatic N) is 1.